The summed E-state index contributed by atoms with van der Waals surface area (Å²) >= 11 is 0. The van der Waals surface area contributed by atoms with Crippen LogP contribution in [0.5, 0.6) is 0 Å². The van der Waals surface area contributed by atoms with Gasteiger partial charge in [-0.25, -0.2) is 0 Å². The van der Waals surface area contributed by atoms with Gasteiger partial charge in [0, 0.05) is 59.7 Å². The van der Waals surface area contributed by atoms with Gasteiger partial charge in [-0.15, -0.1) is 0 Å². The highest BCUT2D eigenvalue weighted by atomic mass is 32.2. The van der Waals surface area contributed by atoms with Gasteiger partial charge in [-0.05, 0) is 115 Å². The zero-order chi connectivity index (χ0) is 56.0. The Kier molecular flexibility index (Phi) is 19.6. The molecule has 0 aromatic heterocycles. The molecule has 0 amide bonds. The van der Waals surface area contributed by atoms with E-state index in [1.165, 1.54) is 19.2 Å². The van der Waals surface area contributed by atoms with Crippen LogP contribution in [0.15, 0.2) is 116 Å². The second kappa shape index (κ2) is 24.2. The number of allylic oxidation sites excluding steroid dienone is 7. The second-order valence-electron chi connectivity index (χ2n) is 18.3. The van der Waals surface area contributed by atoms with Crippen LogP contribution in [0.2, 0.25) is 0 Å². The van der Waals surface area contributed by atoms with E-state index >= 15 is 0 Å². The van der Waals surface area contributed by atoms with Gasteiger partial charge in [-0.1, -0.05) is 62.4 Å². The number of carboxylic acids is 1. The molecule has 412 valence electrons. The van der Waals surface area contributed by atoms with Crippen molar-refractivity contribution in [3.63, 3.8) is 0 Å². The normalized spacial score (nSPS) is 17.2. The first kappa shape index (κ1) is 60.9. The molecular weight excluding hydrogens is 1080 g/mol. The first-order chi connectivity index (χ1) is 34.8. The monoisotopic (exact) mass is 1140 g/mol. The van der Waals surface area contributed by atoms with Gasteiger partial charge in [-0.3, -0.25) is 27.6 Å². The van der Waals surface area contributed by atoms with Crippen LogP contribution in [-0.2, 0) is 80.4 Å². The maximum Gasteiger partial charge on any atom is 0.303 e. The van der Waals surface area contributed by atoms with Crippen molar-refractivity contribution >= 4 is 83.8 Å². The van der Waals surface area contributed by atoms with Crippen molar-refractivity contribution in [2.24, 2.45) is 0 Å². The van der Waals surface area contributed by atoms with E-state index < -0.39 is 92.7 Å². The number of carboxylic acid groups (broad SMARTS) is 1. The predicted molar refractivity (Wildman–Crippen MR) is 279 cm³/mol. The fourth-order valence-electron chi connectivity index (χ4n) is 9.52. The Morgan fingerprint density at radius 3 is 1.81 bits per heavy atom. The number of aliphatic carboxylic acids is 1. The van der Waals surface area contributed by atoms with Crippen molar-refractivity contribution in [1.82, 2.24) is 0 Å². The first-order valence-electron chi connectivity index (χ1n) is 23.2. The van der Waals surface area contributed by atoms with Gasteiger partial charge in [-0.2, -0.15) is 42.1 Å². The number of rotatable bonds is 28. The topological polar surface area (TPSA) is 340 Å². The Bertz CT molecular complexity index is 3520. The minimum absolute atomic E-state index is 0.0258. The Balaban J connectivity index is 1.68. The summed E-state index contributed by atoms with van der Waals surface area (Å²) in [6.45, 7) is 10.9. The summed E-state index contributed by atoms with van der Waals surface area (Å²) in [5, 5.41) is 9.13. The molecule has 0 spiro atoms. The highest BCUT2D eigenvalue weighted by Crippen LogP contribution is 2.54. The summed E-state index contributed by atoms with van der Waals surface area (Å²) in [6, 6.07) is 9.29. The van der Waals surface area contributed by atoms with Crippen LogP contribution in [-0.4, -0.2) is 128 Å². The fraction of sp³-hybridized carbons (Fsp3) is 0.408. The molecule has 0 saturated heterocycles. The van der Waals surface area contributed by atoms with E-state index in [1.807, 2.05) is 4.90 Å². The molecule has 4 aromatic rings. The zero-order valence-corrected chi connectivity index (χ0v) is 45.6. The molecule has 1 aliphatic heterocycles. The van der Waals surface area contributed by atoms with Gasteiger partial charge in [0.2, 0.25) is 0 Å². The molecule has 75 heavy (non-hydrogen) atoms. The Morgan fingerprint density at radius 2 is 1.25 bits per heavy atom. The summed E-state index contributed by atoms with van der Waals surface area (Å²) in [7, 11) is -23.3. The van der Waals surface area contributed by atoms with E-state index in [2.05, 4.69) is 6.58 Å². The molecule has 1 aliphatic rings. The number of anilines is 1. The van der Waals surface area contributed by atoms with Gasteiger partial charge in [0.15, 0.2) is 0 Å². The number of nitrogens with zero attached hydrogens (tertiary/aromatic N) is 1. The highest BCUT2D eigenvalue weighted by Gasteiger charge is 2.45. The van der Waals surface area contributed by atoms with Gasteiger partial charge in [0.05, 0.1) is 42.0 Å². The molecule has 21 nitrogen and oxygen atoms in total. The Hall–Kier alpha value is -4.94. The number of hydrogen-bond acceptors (Lipinski definition) is 15. The number of benzene rings is 4. The molecule has 0 saturated carbocycles. The standard InChI is InChI=1S/C49H61NO20S5/c1-33-16-17-37-39(29-35(72(56,57)58)31-42(37)74(62,63)64)46(33)48(3,21-23-69-26-27-70-25-24-68-5)34(2)13-8-6-9-14-44-49(4,20-12-28-71(53,54)55)47-40-30-36(73(59,60)61)32-43(75(65,66)67)38(40)18-19-41(47)50(44)22-11-7-10-15-45(51)52/h6,8-9,13-14,16-19,29-32H,2,7,10-12,15,20-28H2,1,3-5H3,(H,51,52)(H,53,54,55)(H,56,57,58)(H,59,60,61)(H,62,63,64)(H,65,66,67)/b9-6+,13-8+,44-14+. The highest BCUT2D eigenvalue weighted by molar-refractivity contribution is 7.87. The predicted octanol–water partition coefficient (Wildman–Crippen LogP) is 7.26. The summed E-state index contributed by atoms with van der Waals surface area (Å²) in [4.78, 5) is 9.90. The molecule has 1 heterocycles. The number of carbonyl (C=O) groups is 1. The number of methoxy groups -OCH3 is 1. The van der Waals surface area contributed by atoms with Crippen molar-refractivity contribution in [1.29, 1.82) is 0 Å². The van der Waals surface area contributed by atoms with Crippen molar-refractivity contribution in [2.45, 2.75) is 96.1 Å². The minimum atomic E-state index is -5.13. The molecule has 0 fully saturated rings. The van der Waals surface area contributed by atoms with Crippen molar-refractivity contribution < 1.29 is 89.0 Å². The van der Waals surface area contributed by atoms with Crippen LogP contribution in [0.4, 0.5) is 5.69 Å². The van der Waals surface area contributed by atoms with Crippen LogP contribution in [0.1, 0.15) is 75.5 Å². The zero-order valence-electron chi connectivity index (χ0n) is 41.5. The molecular formula is C49H61NO20S5. The molecule has 26 heteroatoms. The molecule has 2 unspecified atom stereocenters. The maximum atomic E-state index is 12.8. The van der Waals surface area contributed by atoms with E-state index in [-0.39, 0.29) is 73.6 Å². The molecule has 4 aromatic carbocycles. The lowest BCUT2D eigenvalue weighted by molar-refractivity contribution is -0.137. The summed E-state index contributed by atoms with van der Waals surface area (Å²) in [5.41, 5.74) is -0.0234. The van der Waals surface area contributed by atoms with Crippen molar-refractivity contribution in [3.05, 3.63) is 113 Å². The molecule has 5 rings (SSSR count). The number of ether oxygens (including phenoxy) is 3. The van der Waals surface area contributed by atoms with E-state index in [0.717, 1.165) is 12.1 Å². The third kappa shape index (κ3) is 15.0. The smallest absolute Gasteiger partial charge is 0.303 e. The van der Waals surface area contributed by atoms with Gasteiger partial charge in [0.25, 0.3) is 50.6 Å². The SMILES string of the molecule is C=C(/C=C/C=C/C=C1/N(CCCCCC(=O)O)c2ccc3c(S(=O)(=O)O)cc(S(=O)(=O)O)cc3c2C1(C)CCCS(=O)(=O)O)C(C)(CCOCCOCCOC)c1c(C)ccc2c(S(=O)(=O)O)cc(S(=O)(=O)O)cc12. The van der Waals surface area contributed by atoms with Crippen LogP contribution in [0.25, 0.3) is 21.5 Å². The Labute approximate surface area is 437 Å². The fourth-order valence-corrected chi connectivity index (χ4v) is 12.7. The minimum Gasteiger partial charge on any atom is -0.481 e. The van der Waals surface area contributed by atoms with Crippen LogP contribution in [0.3, 0.4) is 0 Å². The van der Waals surface area contributed by atoms with Gasteiger partial charge in [0.1, 0.15) is 9.79 Å². The van der Waals surface area contributed by atoms with Crippen molar-refractivity contribution in [2.75, 3.05) is 57.3 Å². The first-order valence-corrected chi connectivity index (χ1v) is 30.6. The maximum absolute atomic E-state index is 12.8. The second-order valence-corrected chi connectivity index (χ2v) is 25.5. The Morgan fingerprint density at radius 1 is 0.693 bits per heavy atom. The number of hydrogen-bond donors (Lipinski definition) is 6. The summed E-state index contributed by atoms with van der Waals surface area (Å²) in [6.07, 6.45) is 9.12. The van der Waals surface area contributed by atoms with Crippen molar-refractivity contribution in [3.8, 4) is 0 Å². The average Bonchev–Trinajstić information content (AvgIpc) is 3.52. The molecule has 6 N–H and O–H groups in total. The molecule has 0 radical (unpaired) electrons. The third-order valence-corrected chi connectivity index (χ3v) is 17.4. The number of unbranched alkanes of at least 4 members (excludes halogenated alkanes) is 2. The number of fused-ring (bicyclic) bond motifs is 4. The van der Waals surface area contributed by atoms with Crippen LogP contribution < -0.4 is 4.90 Å². The number of aryl methyl sites for hydroxylation is 1. The van der Waals surface area contributed by atoms with E-state index in [0.29, 0.717) is 78.3 Å². The molecule has 2 atom stereocenters. The van der Waals surface area contributed by atoms with E-state index in [9.17, 15) is 74.8 Å². The van der Waals surface area contributed by atoms with Gasteiger partial charge >= 0.3 is 5.97 Å². The summed E-state index contributed by atoms with van der Waals surface area (Å²) < 4.78 is 192. The van der Waals surface area contributed by atoms with E-state index in [1.54, 1.807) is 63.3 Å². The lowest BCUT2D eigenvalue weighted by Crippen LogP contribution is -2.30. The molecule has 0 aliphatic carbocycles. The lowest BCUT2D eigenvalue weighted by atomic mass is 9.70. The largest absolute Gasteiger partial charge is 0.481 e. The van der Waals surface area contributed by atoms with E-state index in [4.69, 9.17) is 14.2 Å². The van der Waals surface area contributed by atoms with Crippen LogP contribution in [0, 0.1) is 6.92 Å². The summed E-state index contributed by atoms with van der Waals surface area (Å²) in [5.74, 6) is -1.70. The quantitative estimate of drug-likeness (QED) is 0.0185. The third-order valence-electron chi connectivity index (χ3n) is 13.1. The van der Waals surface area contributed by atoms with Gasteiger partial charge < -0.3 is 24.2 Å². The average molecular weight is 1140 g/mol. The molecule has 0 bridgehead atoms. The van der Waals surface area contributed by atoms with Crippen LogP contribution >= 0.6 is 0 Å². The lowest BCUT2D eigenvalue weighted by Gasteiger charge is -2.34.